The molecule has 5 heteroatoms. The average molecular weight is 293 g/mol. The molecular weight excluding hydrogens is 272 g/mol. The molecule has 1 aromatic heterocycles. The van der Waals surface area contributed by atoms with Crippen LogP contribution < -0.4 is 4.90 Å². The van der Waals surface area contributed by atoms with E-state index in [1.807, 2.05) is 0 Å². The zero-order valence-electron chi connectivity index (χ0n) is 12.0. The molecule has 0 aromatic carbocycles. The Morgan fingerprint density at radius 3 is 2.75 bits per heavy atom. The normalized spacial score (nSPS) is 26.9. The fourth-order valence-corrected chi connectivity index (χ4v) is 3.68. The molecule has 0 N–H and O–H groups in total. The lowest BCUT2D eigenvalue weighted by atomic mass is 10.1. The second-order valence-corrected chi connectivity index (χ2v) is 6.73. The van der Waals surface area contributed by atoms with Gasteiger partial charge in [0.1, 0.15) is 16.8 Å². The summed E-state index contributed by atoms with van der Waals surface area (Å²) in [6, 6.07) is 0.710. The van der Waals surface area contributed by atoms with E-state index in [4.69, 9.17) is 16.6 Å². The molecule has 0 spiro atoms. The van der Waals surface area contributed by atoms with Crippen molar-refractivity contribution >= 4 is 17.4 Å². The highest BCUT2D eigenvalue weighted by Gasteiger charge is 2.33. The Morgan fingerprint density at radius 2 is 1.95 bits per heavy atom. The molecule has 1 saturated carbocycles. The molecule has 3 heterocycles. The highest BCUT2D eigenvalue weighted by molar-refractivity contribution is 6.30. The molecule has 2 saturated heterocycles. The molecule has 0 radical (unpaired) electrons. The lowest BCUT2D eigenvalue weighted by Gasteiger charge is -2.38. The molecule has 2 aliphatic heterocycles. The number of hydrogen-bond acceptors (Lipinski definition) is 4. The summed E-state index contributed by atoms with van der Waals surface area (Å²) in [4.78, 5) is 14.4. The van der Waals surface area contributed by atoms with Gasteiger partial charge in [-0.2, -0.15) is 0 Å². The molecule has 1 aromatic rings. The van der Waals surface area contributed by atoms with Crippen LogP contribution in [0.15, 0.2) is 0 Å². The highest BCUT2D eigenvalue weighted by atomic mass is 35.5. The Balaban J connectivity index is 1.63. The molecule has 1 aliphatic carbocycles. The molecule has 3 fully saturated rings. The van der Waals surface area contributed by atoms with Crippen LogP contribution >= 0.6 is 11.6 Å². The minimum Gasteiger partial charge on any atom is -0.353 e. The third-order valence-electron chi connectivity index (χ3n) is 4.91. The summed E-state index contributed by atoms with van der Waals surface area (Å²) in [5.41, 5.74) is 1.04. The van der Waals surface area contributed by atoms with E-state index in [-0.39, 0.29) is 0 Å². The Hall–Kier alpha value is -0.870. The first-order chi connectivity index (χ1) is 9.72. The topological polar surface area (TPSA) is 32.3 Å². The largest absolute Gasteiger partial charge is 0.353 e. The van der Waals surface area contributed by atoms with Gasteiger partial charge >= 0.3 is 0 Å². The van der Waals surface area contributed by atoms with E-state index in [9.17, 15) is 0 Å². The zero-order chi connectivity index (χ0) is 13.7. The van der Waals surface area contributed by atoms with Gasteiger partial charge in [0.15, 0.2) is 0 Å². The molecule has 0 amide bonds. The molecule has 1 atom stereocenters. The Bertz CT molecular complexity index is 529. The Kier molecular flexibility index (Phi) is 3.11. The van der Waals surface area contributed by atoms with E-state index >= 15 is 0 Å². The number of hydrogen-bond donors (Lipinski definition) is 0. The Labute approximate surface area is 125 Å². The summed E-state index contributed by atoms with van der Waals surface area (Å²) >= 11 is 6.33. The van der Waals surface area contributed by atoms with E-state index in [1.54, 1.807) is 0 Å². The van der Waals surface area contributed by atoms with Crippen molar-refractivity contribution in [3.63, 3.8) is 0 Å². The molecule has 0 bridgehead atoms. The van der Waals surface area contributed by atoms with E-state index in [0.717, 1.165) is 36.8 Å². The van der Waals surface area contributed by atoms with Crippen molar-refractivity contribution in [2.45, 2.75) is 44.6 Å². The monoisotopic (exact) mass is 292 g/mol. The smallest absolute Gasteiger partial charge is 0.137 e. The van der Waals surface area contributed by atoms with Crippen molar-refractivity contribution in [2.24, 2.45) is 0 Å². The number of fused-ring (bicyclic) bond motifs is 1. The maximum Gasteiger partial charge on any atom is 0.137 e. The predicted molar refractivity (Wildman–Crippen MR) is 80.6 cm³/mol. The van der Waals surface area contributed by atoms with Gasteiger partial charge < -0.3 is 4.90 Å². The minimum atomic E-state index is 0.555. The van der Waals surface area contributed by atoms with E-state index in [0.29, 0.717) is 17.1 Å². The van der Waals surface area contributed by atoms with Gasteiger partial charge in [-0.1, -0.05) is 11.6 Å². The SMILES string of the molecule is Cc1c(Cl)nc(C2CC2)nc1N1CCN2CCCC2C1. The van der Waals surface area contributed by atoms with Crippen molar-refractivity contribution < 1.29 is 0 Å². The quantitative estimate of drug-likeness (QED) is 0.785. The number of rotatable bonds is 2. The van der Waals surface area contributed by atoms with Crippen LogP contribution in [0.4, 0.5) is 5.82 Å². The summed E-state index contributed by atoms with van der Waals surface area (Å²) in [5.74, 6) is 2.60. The minimum absolute atomic E-state index is 0.555. The standard InChI is InChI=1S/C15H21ClN4/c1-10-13(16)17-14(11-4-5-11)18-15(10)20-8-7-19-6-2-3-12(19)9-20/h11-12H,2-9H2,1H3. The third-order valence-corrected chi connectivity index (χ3v) is 5.28. The predicted octanol–water partition coefficient (Wildman–Crippen LogP) is 2.60. The van der Waals surface area contributed by atoms with Crippen LogP contribution in [-0.4, -0.2) is 47.1 Å². The van der Waals surface area contributed by atoms with Gasteiger partial charge in [-0.05, 0) is 39.2 Å². The van der Waals surface area contributed by atoms with Gasteiger partial charge in [-0.3, -0.25) is 4.90 Å². The number of nitrogens with zero attached hydrogens (tertiary/aromatic N) is 4. The summed E-state index contributed by atoms with van der Waals surface area (Å²) in [6.07, 6.45) is 5.10. The molecular formula is C15H21ClN4. The first-order valence-corrected chi connectivity index (χ1v) is 8.13. The summed E-state index contributed by atoms with van der Waals surface area (Å²) < 4.78 is 0. The molecule has 1 unspecified atom stereocenters. The van der Waals surface area contributed by atoms with Gasteiger partial charge in [0.05, 0.1) is 0 Å². The van der Waals surface area contributed by atoms with Crippen molar-refractivity contribution in [3.05, 3.63) is 16.5 Å². The number of aromatic nitrogens is 2. The van der Waals surface area contributed by atoms with Crippen LogP contribution in [0.5, 0.6) is 0 Å². The maximum absolute atomic E-state index is 6.33. The van der Waals surface area contributed by atoms with Crippen LogP contribution in [0.3, 0.4) is 0 Å². The second kappa shape index (κ2) is 4.85. The Morgan fingerprint density at radius 1 is 1.10 bits per heavy atom. The van der Waals surface area contributed by atoms with Crippen molar-refractivity contribution in [3.8, 4) is 0 Å². The fraction of sp³-hybridized carbons (Fsp3) is 0.733. The summed E-state index contributed by atoms with van der Waals surface area (Å²) in [5, 5.41) is 0.644. The van der Waals surface area contributed by atoms with Crippen molar-refractivity contribution in [2.75, 3.05) is 31.1 Å². The van der Waals surface area contributed by atoms with Gasteiger partial charge in [-0.15, -0.1) is 0 Å². The van der Waals surface area contributed by atoms with Gasteiger partial charge in [-0.25, -0.2) is 9.97 Å². The fourth-order valence-electron chi connectivity index (χ4n) is 3.51. The molecule has 4 nitrogen and oxygen atoms in total. The molecule has 108 valence electrons. The third kappa shape index (κ3) is 2.19. The van der Waals surface area contributed by atoms with Crippen LogP contribution in [0.2, 0.25) is 5.15 Å². The second-order valence-electron chi connectivity index (χ2n) is 6.37. The molecule has 20 heavy (non-hydrogen) atoms. The van der Waals surface area contributed by atoms with Gasteiger partial charge in [0.2, 0.25) is 0 Å². The first kappa shape index (κ1) is 12.8. The van der Waals surface area contributed by atoms with Crippen LogP contribution in [0.1, 0.15) is 43.0 Å². The summed E-state index contributed by atoms with van der Waals surface area (Å²) in [6.45, 7) is 6.64. The van der Waals surface area contributed by atoms with Gasteiger partial charge in [0, 0.05) is 37.2 Å². The van der Waals surface area contributed by atoms with Crippen LogP contribution in [-0.2, 0) is 0 Å². The number of anilines is 1. The van der Waals surface area contributed by atoms with E-state index in [2.05, 4.69) is 21.7 Å². The van der Waals surface area contributed by atoms with E-state index < -0.39 is 0 Å². The van der Waals surface area contributed by atoms with Gasteiger partial charge in [0.25, 0.3) is 0 Å². The lowest BCUT2D eigenvalue weighted by molar-refractivity contribution is 0.230. The van der Waals surface area contributed by atoms with E-state index in [1.165, 1.54) is 32.2 Å². The average Bonchev–Trinajstić information content (AvgIpc) is 3.19. The number of piperazine rings is 1. The number of halogens is 1. The van der Waals surface area contributed by atoms with Crippen LogP contribution in [0.25, 0.3) is 0 Å². The zero-order valence-corrected chi connectivity index (χ0v) is 12.7. The van der Waals surface area contributed by atoms with Crippen molar-refractivity contribution in [1.29, 1.82) is 0 Å². The molecule has 4 rings (SSSR count). The van der Waals surface area contributed by atoms with Crippen LogP contribution in [0, 0.1) is 6.92 Å². The first-order valence-electron chi connectivity index (χ1n) is 7.75. The highest BCUT2D eigenvalue weighted by Crippen LogP contribution is 2.40. The maximum atomic E-state index is 6.33. The van der Waals surface area contributed by atoms with Crippen molar-refractivity contribution in [1.82, 2.24) is 14.9 Å². The summed E-state index contributed by atoms with van der Waals surface area (Å²) in [7, 11) is 0. The lowest BCUT2D eigenvalue weighted by Crippen LogP contribution is -2.50. The molecule has 3 aliphatic rings.